The van der Waals surface area contributed by atoms with E-state index < -0.39 is 35.8 Å². The topological polar surface area (TPSA) is 137 Å². The SMILES string of the molecule is CC#C[C@@]1(N)C(O)[C@@H]([C@@H](C)O)O[C@H]1n1ccc(N)nc1=O. The van der Waals surface area contributed by atoms with Crippen molar-refractivity contribution in [3.63, 3.8) is 0 Å². The Balaban J connectivity index is 2.54. The third kappa shape index (κ3) is 2.52. The summed E-state index contributed by atoms with van der Waals surface area (Å²) in [7, 11) is 0. The maximum atomic E-state index is 11.9. The predicted octanol–water partition coefficient (Wildman–Crippen LogP) is -1.81. The second-order valence-corrected chi connectivity index (χ2v) is 4.99. The summed E-state index contributed by atoms with van der Waals surface area (Å²) in [5.74, 6) is 5.34. The maximum Gasteiger partial charge on any atom is 0.351 e. The van der Waals surface area contributed by atoms with Crippen molar-refractivity contribution < 1.29 is 14.9 Å². The third-order valence-electron chi connectivity index (χ3n) is 3.42. The van der Waals surface area contributed by atoms with E-state index in [0.717, 1.165) is 4.57 Å². The number of anilines is 1. The Bertz CT molecular complexity index is 648. The van der Waals surface area contributed by atoms with Crippen LogP contribution in [-0.4, -0.2) is 43.6 Å². The van der Waals surface area contributed by atoms with Crippen molar-refractivity contribution in [3.05, 3.63) is 22.7 Å². The Morgan fingerprint density at radius 1 is 1.62 bits per heavy atom. The molecule has 1 aromatic heterocycles. The first-order chi connectivity index (χ1) is 9.81. The van der Waals surface area contributed by atoms with E-state index in [9.17, 15) is 15.0 Å². The minimum absolute atomic E-state index is 0.0612. The lowest BCUT2D eigenvalue weighted by Gasteiger charge is -2.27. The molecule has 0 aromatic carbocycles. The molecule has 8 nitrogen and oxygen atoms in total. The van der Waals surface area contributed by atoms with Crippen LogP contribution in [-0.2, 0) is 4.74 Å². The van der Waals surface area contributed by atoms with Gasteiger partial charge in [0.05, 0.1) is 6.10 Å². The van der Waals surface area contributed by atoms with Gasteiger partial charge in [0.2, 0.25) is 0 Å². The summed E-state index contributed by atoms with van der Waals surface area (Å²) >= 11 is 0. The molecular weight excluding hydrogens is 276 g/mol. The number of rotatable bonds is 2. The van der Waals surface area contributed by atoms with E-state index in [-0.39, 0.29) is 5.82 Å². The van der Waals surface area contributed by atoms with Crippen LogP contribution >= 0.6 is 0 Å². The highest BCUT2D eigenvalue weighted by Gasteiger charge is 2.55. The molecule has 0 spiro atoms. The average Bonchev–Trinajstić information content (AvgIpc) is 2.64. The fourth-order valence-electron chi connectivity index (χ4n) is 2.38. The second-order valence-electron chi connectivity index (χ2n) is 4.99. The number of nitrogens with zero attached hydrogens (tertiary/aromatic N) is 2. The number of hydrogen-bond donors (Lipinski definition) is 4. The molecule has 2 rings (SSSR count). The molecule has 0 bridgehead atoms. The summed E-state index contributed by atoms with van der Waals surface area (Å²) in [6.45, 7) is 3.01. The van der Waals surface area contributed by atoms with Crippen LogP contribution in [0.5, 0.6) is 0 Å². The van der Waals surface area contributed by atoms with Gasteiger partial charge >= 0.3 is 5.69 Å². The molecule has 1 fully saturated rings. The van der Waals surface area contributed by atoms with E-state index >= 15 is 0 Å². The minimum atomic E-state index is -1.54. The molecule has 5 atom stereocenters. The summed E-state index contributed by atoms with van der Waals surface area (Å²) in [6.07, 6.45) is -2.93. The molecule has 1 aliphatic heterocycles. The molecule has 1 unspecified atom stereocenters. The molecule has 114 valence electrons. The van der Waals surface area contributed by atoms with Crippen molar-refractivity contribution in [1.29, 1.82) is 0 Å². The van der Waals surface area contributed by atoms with Gasteiger partial charge in [-0.05, 0) is 19.9 Å². The van der Waals surface area contributed by atoms with Crippen LogP contribution in [0.15, 0.2) is 17.1 Å². The molecule has 0 amide bonds. The Kier molecular flexibility index (Phi) is 4.02. The average molecular weight is 294 g/mol. The lowest BCUT2D eigenvalue weighted by molar-refractivity contribution is -0.0778. The maximum absolute atomic E-state index is 11.9. The number of nitrogen functional groups attached to an aromatic ring is 1. The van der Waals surface area contributed by atoms with Gasteiger partial charge in [0, 0.05) is 6.20 Å². The molecule has 8 heteroatoms. The first kappa shape index (κ1) is 15.5. The summed E-state index contributed by atoms with van der Waals surface area (Å²) < 4.78 is 6.67. The van der Waals surface area contributed by atoms with E-state index in [1.807, 2.05) is 0 Å². The fraction of sp³-hybridized carbons (Fsp3) is 0.538. The van der Waals surface area contributed by atoms with Crippen LogP contribution in [0.25, 0.3) is 0 Å². The lowest BCUT2D eigenvalue weighted by Crippen LogP contribution is -2.55. The Morgan fingerprint density at radius 2 is 2.29 bits per heavy atom. The van der Waals surface area contributed by atoms with Crippen molar-refractivity contribution in [2.75, 3.05) is 5.73 Å². The number of aromatic nitrogens is 2. The Labute approximate surface area is 121 Å². The van der Waals surface area contributed by atoms with Crippen molar-refractivity contribution in [2.24, 2.45) is 5.73 Å². The summed E-state index contributed by atoms with van der Waals surface area (Å²) in [5.41, 5.74) is 9.37. The number of ether oxygens (including phenoxy) is 1. The molecule has 21 heavy (non-hydrogen) atoms. The molecule has 1 aliphatic rings. The second kappa shape index (κ2) is 5.46. The Morgan fingerprint density at radius 3 is 2.81 bits per heavy atom. The molecule has 1 saturated heterocycles. The van der Waals surface area contributed by atoms with Gasteiger partial charge in [-0.25, -0.2) is 4.79 Å². The lowest BCUT2D eigenvalue weighted by atomic mass is 9.90. The summed E-state index contributed by atoms with van der Waals surface area (Å²) in [4.78, 5) is 15.5. The number of nitrogens with two attached hydrogens (primary N) is 2. The van der Waals surface area contributed by atoms with Crippen molar-refractivity contribution in [3.8, 4) is 11.8 Å². The van der Waals surface area contributed by atoms with E-state index in [2.05, 4.69) is 16.8 Å². The predicted molar refractivity (Wildman–Crippen MR) is 74.9 cm³/mol. The monoisotopic (exact) mass is 294 g/mol. The van der Waals surface area contributed by atoms with Crippen LogP contribution in [0.2, 0.25) is 0 Å². The highest BCUT2D eigenvalue weighted by atomic mass is 16.5. The van der Waals surface area contributed by atoms with Gasteiger partial charge in [-0.2, -0.15) is 4.98 Å². The zero-order valence-electron chi connectivity index (χ0n) is 11.7. The van der Waals surface area contributed by atoms with Crippen LogP contribution in [0.1, 0.15) is 20.1 Å². The quantitative estimate of drug-likeness (QED) is 0.472. The van der Waals surface area contributed by atoms with E-state index in [0.29, 0.717) is 0 Å². The van der Waals surface area contributed by atoms with Gasteiger partial charge < -0.3 is 26.4 Å². The zero-order chi connectivity index (χ0) is 15.8. The third-order valence-corrected chi connectivity index (χ3v) is 3.42. The van der Waals surface area contributed by atoms with Crippen molar-refractivity contribution in [2.45, 2.75) is 43.9 Å². The van der Waals surface area contributed by atoms with Gasteiger partial charge in [0.25, 0.3) is 0 Å². The molecule has 0 saturated carbocycles. The molecule has 2 heterocycles. The highest BCUT2D eigenvalue weighted by Crippen LogP contribution is 2.36. The number of aliphatic hydroxyl groups excluding tert-OH is 2. The van der Waals surface area contributed by atoms with Crippen molar-refractivity contribution in [1.82, 2.24) is 9.55 Å². The number of hydrogen-bond acceptors (Lipinski definition) is 7. The number of aliphatic hydroxyl groups is 2. The Hall–Kier alpha value is -1.92. The first-order valence-electron chi connectivity index (χ1n) is 6.40. The summed E-state index contributed by atoms with van der Waals surface area (Å²) in [6, 6.07) is 1.41. The van der Waals surface area contributed by atoms with Crippen LogP contribution < -0.4 is 17.2 Å². The molecule has 0 aliphatic carbocycles. The minimum Gasteiger partial charge on any atom is -0.391 e. The first-order valence-corrected chi connectivity index (χ1v) is 6.40. The van der Waals surface area contributed by atoms with Crippen LogP contribution in [0.3, 0.4) is 0 Å². The van der Waals surface area contributed by atoms with Crippen molar-refractivity contribution >= 4 is 5.82 Å². The molecule has 6 N–H and O–H groups in total. The summed E-state index contributed by atoms with van der Waals surface area (Å²) in [5, 5.41) is 20.0. The van der Waals surface area contributed by atoms with Gasteiger partial charge in [-0.1, -0.05) is 5.92 Å². The van der Waals surface area contributed by atoms with Gasteiger partial charge in [-0.3, -0.25) is 4.57 Å². The highest BCUT2D eigenvalue weighted by molar-refractivity contribution is 5.27. The normalized spacial score (nSPS) is 33.3. The standard InChI is InChI=1S/C13H18N4O4/c1-3-5-13(15)10(19)9(7(2)18)21-11(13)17-6-4-8(14)16-12(17)20/h4,6-7,9-11,18-19H,15H2,1-2H3,(H2,14,16,20)/t7-,9-,10?,11-,13-/m1/s1. The van der Waals surface area contributed by atoms with Gasteiger partial charge in [0.1, 0.15) is 18.0 Å². The molecule has 1 aromatic rings. The van der Waals surface area contributed by atoms with Gasteiger partial charge in [-0.15, -0.1) is 5.92 Å². The van der Waals surface area contributed by atoms with E-state index in [1.54, 1.807) is 6.92 Å². The molecular formula is C13H18N4O4. The zero-order valence-corrected chi connectivity index (χ0v) is 11.7. The van der Waals surface area contributed by atoms with E-state index in [1.165, 1.54) is 19.2 Å². The van der Waals surface area contributed by atoms with Crippen LogP contribution in [0.4, 0.5) is 5.82 Å². The van der Waals surface area contributed by atoms with E-state index in [4.69, 9.17) is 16.2 Å². The van der Waals surface area contributed by atoms with Gasteiger partial charge in [0.15, 0.2) is 11.8 Å². The largest absolute Gasteiger partial charge is 0.391 e. The smallest absolute Gasteiger partial charge is 0.351 e. The van der Waals surface area contributed by atoms with Crippen LogP contribution in [0, 0.1) is 11.8 Å². The fourth-order valence-corrected chi connectivity index (χ4v) is 2.38. The molecule has 0 radical (unpaired) electrons.